The number of hydrogen-bond donors (Lipinski definition) is 3. The first kappa shape index (κ1) is 29.9. The zero-order chi connectivity index (χ0) is 28.0. The zero-order valence-electron chi connectivity index (χ0n) is 22.5. The molecule has 0 radical (unpaired) electrons. The van der Waals surface area contributed by atoms with Crippen LogP contribution in [-0.2, 0) is 20.9 Å². The number of benzene rings is 1. The summed E-state index contributed by atoms with van der Waals surface area (Å²) in [6, 6.07) is 4.13. The Balaban J connectivity index is 1.77. The highest BCUT2D eigenvalue weighted by molar-refractivity contribution is 7.13. The Morgan fingerprint density at radius 1 is 1.32 bits per heavy atom. The lowest BCUT2D eigenvalue weighted by molar-refractivity contribution is -0.143. The zero-order valence-corrected chi connectivity index (χ0v) is 24.1. The minimum atomic E-state index is -0.851. The number of thiazole rings is 1. The number of aryl methyl sites for hydroxylation is 1. The summed E-state index contributed by atoms with van der Waals surface area (Å²) < 4.78 is 6.00. The molecule has 1 aromatic heterocycles. The van der Waals surface area contributed by atoms with Crippen molar-refractivity contribution in [2.75, 3.05) is 19.0 Å². The minimum absolute atomic E-state index is 0.0266. The number of β-amino-alcohol motifs (C(OH)–C–C–N with tert-alkyl or cyclic N) is 1. The summed E-state index contributed by atoms with van der Waals surface area (Å²) in [4.78, 5) is 45.2. The van der Waals surface area contributed by atoms with Gasteiger partial charge in [-0.15, -0.1) is 22.9 Å². The molecule has 1 fully saturated rings. The number of aromatic nitrogens is 1. The van der Waals surface area contributed by atoms with Gasteiger partial charge >= 0.3 is 0 Å². The number of hydrogen-bond acceptors (Lipinski definition) is 7. The fourth-order valence-electron chi connectivity index (χ4n) is 4.42. The number of aliphatic hydroxyl groups excluding tert-OH is 1. The van der Waals surface area contributed by atoms with Crippen molar-refractivity contribution in [1.82, 2.24) is 20.5 Å². The Morgan fingerprint density at radius 3 is 2.66 bits per heavy atom. The molecule has 0 aliphatic carbocycles. The van der Waals surface area contributed by atoms with E-state index in [1.807, 2.05) is 45.9 Å². The molecule has 3 rings (SSSR count). The van der Waals surface area contributed by atoms with Crippen molar-refractivity contribution in [3.63, 3.8) is 0 Å². The van der Waals surface area contributed by atoms with Gasteiger partial charge in [0, 0.05) is 37.9 Å². The highest BCUT2D eigenvalue weighted by Crippen LogP contribution is 2.32. The second-order valence-electron chi connectivity index (χ2n) is 10.6. The van der Waals surface area contributed by atoms with E-state index in [2.05, 4.69) is 15.6 Å². The van der Waals surface area contributed by atoms with Crippen LogP contribution in [0, 0.1) is 12.3 Å². The van der Waals surface area contributed by atoms with Crippen LogP contribution in [0.15, 0.2) is 23.7 Å². The number of carbonyl (C=O) groups is 3. The van der Waals surface area contributed by atoms with E-state index in [9.17, 15) is 19.5 Å². The Bertz CT molecular complexity index is 1150. The van der Waals surface area contributed by atoms with Crippen molar-refractivity contribution in [1.29, 1.82) is 0 Å². The summed E-state index contributed by atoms with van der Waals surface area (Å²) in [6.07, 6.45) is -0.0294. The van der Waals surface area contributed by atoms with Crippen molar-refractivity contribution >= 4 is 40.7 Å². The maximum absolute atomic E-state index is 13.4. The van der Waals surface area contributed by atoms with E-state index in [0.717, 1.165) is 21.7 Å². The third kappa shape index (κ3) is 7.45. The molecule has 1 aromatic carbocycles. The lowest BCUT2D eigenvalue weighted by atomic mass is 9.85. The second-order valence-corrected chi connectivity index (χ2v) is 11.8. The van der Waals surface area contributed by atoms with Crippen LogP contribution in [-0.4, -0.2) is 69.9 Å². The Morgan fingerprint density at radius 2 is 2.05 bits per heavy atom. The molecule has 1 aliphatic heterocycles. The normalized spacial score (nSPS) is 18.2. The van der Waals surface area contributed by atoms with Crippen LogP contribution < -0.4 is 15.4 Å². The third-order valence-corrected chi connectivity index (χ3v) is 7.63. The van der Waals surface area contributed by atoms with Crippen LogP contribution in [0.25, 0.3) is 10.4 Å². The van der Waals surface area contributed by atoms with Gasteiger partial charge < -0.3 is 25.4 Å². The van der Waals surface area contributed by atoms with Crippen LogP contribution in [0.4, 0.5) is 0 Å². The predicted octanol–water partition coefficient (Wildman–Crippen LogP) is 3.26. The molecular weight excluding hydrogens is 528 g/mol. The summed E-state index contributed by atoms with van der Waals surface area (Å²) >= 11 is 7.37. The summed E-state index contributed by atoms with van der Waals surface area (Å²) in [5.41, 5.74) is 3.90. The monoisotopic (exact) mass is 564 g/mol. The van der Waals surface area contributed by atoms with E-state index in [0.29, 0.717) is 24.7 Å². The van der Waals surface area contributed by atoms with Crippen molar-refractivity contribution in [3.05, 3.63) is 35.0 Å². The van der Waals surface area contributed by atoms with Gasteiger partial charge in [-0.25, -0.2) is 4.98 Å². The van der Waals surface area contributed by atoms with Crippen molar-refractivity contribution in [2.45, 2.75) is 72.2 Å². The molecule has 3 N–H and O–H groups in total. The molecule has 2 heterocycles. The fourth-order valence-corrected chi connectivity index (χ4v) is 5.33. The molecule has 2 aromatic rings. The standard InChI is InChI=1S/C27H37ClN4O5S/c1-16-23(38-15-30-16)18-7-8-19(22(11-18)37-10-6-9-28)13-29-25(35)21-12-20(34)14-32(21)26(36)24(27(3,4)5)31-17(2)33/h7-8,11,15,20-21,24,34H,6,9-10,12-14H2,1-5H3,(H,29,35)(H,31,33)/t20?,21?,24-/m1/s1. The first-order valence-corrected chi connectivity index (χ1v) is 14.1. The van der Waals surface area contributed by atoms with Gasteiger partial charge in [0.05, 0.1) is 28.8 Å². The number of aliphatic hydroxyl groups is 1. The highest BCUT2D eigenvalue weighted by Gasteiger charge is 2.44. The van der Waals surface area contributed by atoms with Gasteiger partial charge in [-0.1, -0.05) is 32.9 Å². The minimum Gasteiger partial charge on any atom is -0.493 e. The molecular formula is C27H37ClN4O5S. The van der Waals surface area contributed by atoms with Gasteiger partial charge in [-0.2, -0.15) is 0 Å². The summed E-state index contributed by atoms with van der Waals surface area (Å²) in [7, 11) is 0. The molecule has 1 aliphatic rings. The van der Waals surface area contributed by atoms with E-state index in [1.54, 1.807) is 16.8 Å². The molecule has 0 saturated carbocycles. The lowest BCUT2D eigenvalue weighted by Crippen LogP contribution is -2.57. The Labute approximate surface area is 232 Å². The van der Waals surface area contributed by atoms with Crippen molar-refractivity contribution in [3.8, 4) is 16.2 Å². The molecule has 3 atom stereocenters. The lowest BCUT2D eigenvalue weighted by Gasteiger charge is -2.35. The Hall–Kier alpha value is -2.69. The molecule has 3 amide bonds. The number of rotatable bonds is 10. The summed E-state index contributed by atoms with van der Waals surface area (Å²) in [6.45, 7) is 9.47. The first-order valence-electron chi connectivity index (χ1n) is 12.7. The van der Waals surface area contributed by atoms with Gasteiger partial charge in [-0.05, 0) is 30.4 Å². The van der Waals surface area contributed by atoms with Gasteiger partial charge in [0.1, 0.15) is 17.8 Å². The number of amides is 3. The molecule has 11 heteroatoms. The number of ether oxygens (including phenoxy) is 1. The van der Waals surface area contributed by atoms with Gasteiger partial charge in [0.25, 0.3) is 0 Å². The smallest absolute Gasteiger partial charge is 0.246 e. The molecule has 1 saturated heterocycles. The summed E-state index contributed by atoms with van der Waals surface area (Å²) in [5.74, 6) is 0.0104. The van der Waals surface area contributed by atoms with Crippen LogP contribution in [0.5, 0.6) is 5.75 Å². The van der Waals surface area contributed by atoms with Crippen molar-refractivity contribution in [2.24, 2.45) is 5.41 Å². The average Bonchev–Trinajstić information content (AvgIpc) is 3.45. The van der Waals surface area contributed by atoms with Crippen LogP contribution >= 0.6 is 22.9 Å². The quantitative estimate of drug-likeness (QED) is 0.301. The van der Waals surface area contributed by atoms with Gasteiger partial charge in [-0.3, -0.25) is 14.4 Å². The van der Waals surface area contributed by atoms with E-state index in [4.69, 9.17) is 16.3 Å². The van der Waals surface area contributed by atoms with Crippen LogP contribution in [0.2, 0.25) is 0 Å². The van der Waals surface area contributed by atoms with Crippen LogP contribution in [0.1, 0.15) is 51.8 Å². The number of carbonyl (C=O) groups excluding carboxylic acids is 3. The average molecular weight is 565 g/mol. The molecule has 0 spiro atoms. The fraction of sp³-hybridized carbons (Fsp3) is 0.556. The highest BCUT2D eigenvalue weighted by atomic mass is 35.5. The van der Waals surface area contributed by atoms with Gasteiger partial charge in [0.2, 0.25) is 17.7 Å². The maximum Gasteiger partial charge on any atom is 0.246 e. The number of alkyl halides is 1. The predicted molar refractivity (Wildman–Crippen MR) is 148 cm³/mol. The van der Waals surface area contributed by atoms with Crippen LogP contribution in [0.3, 0.4) is 0 Å². The van der Waals surface area contributed by atoms with E-state index in [1.165, 1.54) is 11.8 Å². The third-order valence-electron chi connectivity index (χ3n) is 6.39. The molecule has 0 bridgehead atoms. The van der Waals surface area contributed by atoms with E-state index in [-0.39, 0.29) is 31.3 Å². The van der Waals surface area contributed by atoms with E-state index < -0.39 is 29.5 Å². The molecule has 208 valence electrons. The number of likely N-dealkylation sites (tertiary alicyclic amines) is 1. The van der Waals surface area contributed by atoms with Crippen molar-refractivity contribution < 1.29 is 24.2 Å². The van der Waals surface area contributed by atoms with E-state index >= 15 is 0 Å². The molecule has 38 heavy (non-hydrogen) atoms. The second kappa shape index (κ2) is 12.9. The largest absolute Gasteiger partial charge is 0.493 e. The number of nitrogens with one attached hydrogen (secondary N) is 2. The topological polar surface area (TPSA) is 121 Å². The SMILES string of the molecule is CC(=O)N[C@H](C(=O)N1CC(O)CC1C(=O)NCc1ccc(-c2scnc2C)cc1OCCCCl)C(C)(C)C. The summed E-state index contributed by atoms with van der Waals surface area (Å²) in [5, 5.41) is 16.0. The molecule has 2 unspecified atom stereocenters. The van der Waals surface area contributed by atoms with Gasteiger partial charge in [0.15, 0.2) is 0 Å². The number of nitrogens with zero attached hydrogens (tertiary/aromatic N) is 2. The maximum atomic E-state index is 13.4. The Kier molecular flexibility index (Phi) is 10.1. The first-order chi connectivity index (χ1) is 17.9. The molecule has 9 nitrogen and oxygen atoms in total. The number of halogens is 1.